The molecule has 4 nitrogen and oxygen atoms in total. The van der Waals surface area contributed by atoms with E-state index >= 15 is 0 Å². The lowest BCUT2D eigenvalue weighted by atomic mass is 10.0. The average molecular weight is 191 g/mol. The van der Waals surface area contributed by atoms with E-state index < -0.39 is 6.10 Å². The van der Waals surface area contributed by atoms with Gasteiger partial charge in [0.2, 0.25) is 0 Å². The van der Waals surface area contributed by atoms with Crippen LogP contribution in [0.5, 0.6) is 0 Å². The normalized spacial score (nSPS) is 15.6. The van der Waals surface area contributed by atoms with Crippen LogP contribution in [0, 0.1) is 0 Å². The first-order chi connectivity index (χ1) is 6.70. The maximum atomic E-state index is 9.84. The molecular formula is C10H13N3O. The first-order valence-electron chi connectivity index (χ1n) is 4.56. The number of para-hydroxylation sites is 1. The van der Waals surface area contributed by atoms with Crippen LogP contribution >= 0.6 is 0 Å². The molecule has 0 aliphatic heterocycles. The molecule has 0 saturated heterocycles. The predicted molar refractivity (Wildman–Crippen MR) is 54.7 cm³/mol. The molecule has 0 radical (unpaired) electrons. The lowest BCUT2D eigenvalue weighted by Gasteiger charge is -2.14. The van der Waals surface area contributed by atoms with Crippen molar-refractivity contribution < 1.29 is 5.11 Å². The quantitative estimate of drug-likeness (QED) is 0.661. The number of imidazole rings is 1. The standard InChI is InChI=1S/C10H13N3O/c1-6(11)10(14)7-3-2-4-8-9(7)13-5-12-8/h2-6,10,14H,11H2,1H3,(H,12,13). The second-order valence-corrected chi connectivity index (χ2v) is 3.45. The summed E-state index contributed by atoms with van der Waals surface area (Å²) < 4.78 is 0. The number of benzene rings is 1. The van der Waals surface area contributed by atoms with Crippen molar-refractivity contribution in [3.8, 4) is 0 Å². The minimum Gasteiger partial charge on any atom is -0.387 e. The fourth-order valence-electron chi connectivity index (χ4n) is 1.51. The Morgan fingerprint density at radius 2 is 2.29 bits per heavy atom. The number of aliphatic hydroxyl groups is 1. The van der Waals surface area contributed by atoms with Gasteiger partial charge in [0.15, 0.2) is 0 Å². The van der Waals surface area contributed by atoms with Crippen LogP contribution in [0.2, 0.25) is 0 Å². The Kier molecular flexibility index (Phi) is 2.23. The molecule has 2 atom stereocenters. The first-order valence-corrected chi connectivity index (χ1v) is 4.56. The van der Waals surface area contributed by atoms with Crippen molar-refractivity contribution in [3.63, 3.8) is 0 Å². The fourth-order valence-corrected chi connectivity index (χ4v) is 1.51. The van der Waals surface area contributed by atoms with Crippen LogP contribution in [-0.2, 0) is 0 Å². The molecule has 2 aromatic rings. The number of aromatic amines is 1. The fraction of sp³-hybridized carbons (Fsp3) is 0.300. The third kappa shape index (κ3) is 1.38. The van der Waals surface area contributed by atoms with Crippen LogP contribution in [0.4, 0.5) is 0 Å². The van der Waals surface area contributed by atoms with Crippen molar-refractivity contribution in [2.75, 3.05) is 0 Å². The number of hydrogen-bond acceptors (Lipinski definition) is 3. The zero-order valence-electron chi connectivity index (χ0n) is 7.94. The molecule has 2 unspecified atom stereocenters. The number of nitrogens with one attached hydrogen (secondary N) is 1. The Hall–Kier alpha value is -1.39. The SMILES string of the molecule is CC(N)C(O)c1cccc2[nH]cnc12. The third-order valence-corrected chi connectivity index (χ3v) is 2.30. The summed E-state index contributed by atoms with van der Waals surface area (Å²) in [5, 5.41) is 9.84. The van der Waals surface area contributed by atoms with Gasteiger partial charge in [-0.05, 0) is 13.0 Å². The van der Waals surface area contributed by atoms with Crippen molar-refractivity contribution >= 4 is 11.0 Å². The summed E-state index contributed by atoms with van der Waals surface area (Å²) in [4.78, 5) is 7.14. The molecule has 74 valence electrons. The number of aliphatic hydroxyl groups excluding tert-OH is 1. The van der Waals surface area contributed by atoms with E-state index in [1.165, 1.54) is 0 Å². The van der Waals surface area contributed by atoms with Gasteiger partial charge in [0.05, 0.1) is 23.5 Å². The van der Waals surface area contributed by atoms with E-state index in [2.05, 4.69) is 9.97 Å². The van der Waals surface area contributed by atoms with Crippen LogP contribution < -0.4 is 5.73 Å². The van der Waals surface area contributed by atoms with Crippen LogP contribution in [0.15, 0.2) is 24.5 Å². The Balaban J connectivity index is 2.56. The van der Waals surface area contributed by atoms with Gasteiger partial charge in [-0.3, -0.25) is 0 Å². The summed E-state index contributed by atoms with van der Waals surface area (Å²) in [5.41, 5.74) is 8.12. The Bertz CT molecular complexity index is 436. The summed E-state index contributed by atoms with van der Waals surface area (Å²) in [7, 11) is 0. The van der Waals surface area contributed by atoms with Gasteiger partial charge in [0.25, 0.3) is 0 Å². The van der Waals surface area contributed by atoms with Gasteiger partial charge in [-0.15, -0.1) is 0 Å². The second kappa shape index (κ2) is 3.40. The number of rotatable bonds is 2. The topological polar surface area (TPSA) is 74.9 Å². The van der Waals surface area contributed by atoms with E-state index in [1.807, 2.05) is 18.2 Å². The minimum atomic E-state index is -0.665. The van der Waals surface area contributed by atoms with Gasteiger partial charge in [0.1, 0.15) is 0 Å². The molecule has 14 heavy (non-hydrogen) atoms. The number of H-pyrrole nitrogens is 1. The molecule has 0 amide bonds. The summed E-state index contributed by atoms with van der Waals surface area (Å²) in [6.45, 7) is 1.77. The zero-order valence-corrected chi connectivity index (χ0v) is 7.94. The molecule has 0 fully saturated rings. The maximum Gasteiger partial charge on any atom is 0.0959 e. The molecule has 1 heterocycles. The highest BCUT2D eigenvalue weighted by molar-refractivity contribution is 5.78. The summed E-state index contributed by atoms with van der Waals surface area (Å²) in [6, 6.07) is 5.34. The first kappa shape index (κ1) is 9.18. The van der Waals surface area contributed by atoms with E-state index in [0.717, 1.165) is 16.6 Å². The van der Waals surface area contributed by atoms with Crippen LogP contribution in [0.1, 0.15) is 18.6 Å². The lowest BCUT2D eigenvalue weighted by Crippen LogP contribution is -2.24. The largest absolute Gasteiger partial charge is 0.387 e. The van der Waals surface area contributed by atoms with Gasteiger partial charge < -0.3 is 15.8 Å². The second-order valence-electron chi connectivity index (χ2n) is 3.45. The Labute approximate surface area is 81.8 Å². The molecule has 0 spiro atoms. The number of aromatic nitrogens is 2. The molecule has 1 aromatic carbocycles. The molecule has 2 rings (SSSR count). The summed E-state index contributed by atoms with van der Waals surface area (Å²) >= 11 is 0. The maximum absolute atomic E-state index is 9.84. The van der Waals surface area contributed by atoms with Crippen molar-refractivity contribution in [3.05, 3.63) is 30.1 Å². The van der Waals surface area contributed by atoms with Crippen LogP contribution in [0.25, 0.3) is 11.0 Å². The smallest absolute Gasteiger partial charge is 0.0959 e. The highest BCUT2D eigenvalue weighted by Crippen LogP contribution is 2.22. The molecule has 4 heteroatoms. The minimum absolute atomic E-state index is 0.294. The molecule has 0 aliphatic carbocycles. The number of nitrogens with zero attached hydrogens (tertiary/aromatic N) is 1. The van der Waals surface area contributed by atoms with E-state index in [1.54, 1.807) is 13.3 Å². The molecule has 0 saturated carbocycles. The molecule has 4 N–H and O–H groups in total. The zero-order chi connectivity index (χ0) is 10.1. The Morgan fingerprint density at radius 1 is 1.50 bits per heavy atom. The van der Waals surface area contributed by atoms with Gasteiger partial charge >= 0.3 is 0 Å². The number of nitrogens with two attached hydrogens (primary N) is 1. The van der Waals surface area contributed by atoms with E-state index in [9.17, 15) is 5.11 Å². The van der Waals surface area contributed by atoms with E-state index in [0.29, 0.717) is 0 Å². The lowest BCUT2D eigenvalue weighted by molar-refractivity contribution is 0.154. The molecular weight excluding hydrogens is 178 g/mol. The highest BCUT2D eigenvalue weighted by atomic mass is 16.3. The van der Waals surface area contributed by atoms with Gasteiger partial charge in [-0.1, -0.05) is 12.1 Å². The van der Waals surface area contributed by atoms with Crippen molar-refractivity contribution in [2.24, 2.45) is 5.73 Å². The van der Waals surface area contributed by atoms with E-state index in [4.69, 9.17) is 5.73 Å². The third-order valence-electron chi connectivity index (χ3n) is 2.30. The van der Waals surface area contributed by atoms with E-state index in [-0.39, 0.29) is 6.04 Å². The molecule has 1 aromatic heterocycles. The van der Waals surface area contributed by atoms with Crippen molar-refractivity contribution in [1.29, 1.82) is 0 Å². The highest BCUT2D eigenvalue weighted by Gasteiger charge is 2.15. The Morgan fingerprint density at radius 3 is 3.00 bits per heavy atom. The predicted octanol–water partition coefficient (Wildman–Crippen LogP) is 0.944. The van der Waals surface area contributed by atoms with Crippen LogP contribution in [-0.4, -0.2) is 21.1 Å². The summed E-state index contributed by atoms with van der Waals surface area (Å²) in [5.74, 6) is 0. The number of fused-ring (bicyclic) bond motifs is 1. The molecule has 0 bridgehead atoms. The van der Waals surface area contributed by atoms with Crippen LogP contribution in [0.3, 0.4) is 0 Å². The molecule has 0 aliphatic rings. The van der Waals surface area contributed by atoms with Gasteiger partial charge in [-0.25, -0.2) is 4.98 Å². The van der Waals surface area contributed by atoms with Crippen molar-refractivity contribution in [1.82, 2.24) is 9.97 Å². The average Bonchev–Trinajstić information content (AvgIpc) is 2.63. The van der Waals surface area contributed by atoms with Gasteiger partial charge in [-0.2, -0.15) is 0 Å². The number of hydrogen-bond donors (Lipinski definition) is 3. The monoisotopic (exact) mass is 191 g/mol. The van der Waals surface area contributed by atoms with Crippen molar-refractivity contribution in [2.45, 2.75) is 19.1 Å². The summed E-state index contributed by atoms with van der Waals surface area (Å²) in [6.07, 6.45) is 0.948. The van der Waals surface area contributed by atoms with Gasteiger partial charge in [0, 0.05) is 11.6 Å².